The molecule has 0 aromatic carbocycles. The molecule has 0 rings (SSSR count). The summed E-state index contributed by atoms with van der Waals surface area (Å²) in [5.74, 6) is -0.919. The molecule has 0 radical (unpaired) electrons. The number of aliphatic hydroxyl groups excluding tert-OH is 2. The van der Waals surface area contributed by atoms with E-state index in [4.69, 9.17) is 19.1 Å². The fourth-order valence-corrected chi connectivity index (χ4v) is 6.65. The summed E-state index contributed by atoms with van der Waals surface area (Å²) < 4.78 is 32.6. The Hall–Kier alpha value is -1.29. The molecule has 51 heavy (non-hydrogen) atoms. The molecular weight excluding hydrogens is 671 g/mol. The van der Waals surface area contributed by atoms with Gasteiger partial charge in [-0.25, -0.2) is 4.57 Å². The Labute approximate surface area is 311 Å². The minimum atomic E-state index is -4.61. The summed E-state index contributed by atoms with van der Waals surface area (Å²) in [4.78, 5) is 34.9. The van der Waals surface area contributed by atoms with Gasteiger partial charge < -0.3 is 24.6 Å². The zero-order chi connectivity index (χ0) is 37.7. The summed E-state index contributed by atoms with van der Waals surface area (Å²) >= 11 is 0. The molecule has 0 aliphatic rings. The van der Waals surface area contributed by atoms with Crippen LogP contribution in [0, 0.1) is 0 Å². The summed E-state index contributed by atoms with van der Waals surface area (Å²) in [6.07, 6.45) is 32.1. The number of carbonyl (C=O) groups is 2. The van der Waals surface area contributed by atoms with Crippen LogP contribution in [0.5, 0.6) is 0 Å². The third-order valence-electron chi connectivity index (χ3n) is 9.07. The lowest BCUT2D eigenvalue weighted by Crippen LogP contribution is -2.29. The van der Waals surface area contributed by atoms with Crippen LogP contribution in [-0.4, -0.2) is 65.7 Å². The van der Waals surface area contributed by atoms with E-state index in [9.17, 15) is 24.2 Å². The molecule has 0 aliphatic heterocycles. The van der Waals surface area contributed by atoms with Crippen molar-refractivity contribution in [2.24, 2.45) is 0 Å². The van der Waals surface area contributed by atoms with Crippen LogP contribution in [0.2, 0.25) is 0 Å². The molecule has 3 atom stereocenters. The first kappa shape index (κ1) is 49.7. The third-order valence-corrected chi connectivity index (χ3v) is 10.0. The van der Waals surface area contributed by atoms with E-state index in [2.05, 4.69) is 18.0 Å². The number of hydrogen-bond acceptors (Lipinski definition) is 9. The Bertz CT molecular complexity index is 855. The monoisotopic (exact) mass is 749 g/mol. The maximum absolute atomic E-state index is 12.6. The standard InChI is InChI=1S/C40H77O10P/c1-3-5-7-9-11-13-15-17-18-20-21-23-25-27-29-31-39(43)47-35-38(36-49-51(45,46)48-34-37(42)33-41)50-40(44)32-30-28-26-24-22-19-16-14-12-10-8-6-4-2/h3,37-38,41-42H,1,4-36H2,2H3,(H,45,46)/t37-,38+/m0/s1. The highest BCUT2D eigenvalue weighted by Crippen LogP contribution is 2.43. The first-order valence-corrected chi connectivity index (χ1v) is 22.1. The van der Waals surface area contributed by atoms with Crippen molar-refractivity contribution < 1.29 is 47.8 Å². The van der Waals surface area contributed by atoms with Gasteiger partial charge in [0.2, 0.25) is 0 Å². The summed E-state index contributed by atoms with van der Waals surface area (Å²) in [7, 11) is -4.61. The van der Waals surface area contributed by atoms with Gasteiger partial charge in [0.1, 0.15) is 12.7 Å². The fraction of sp³-hybridized carbons (Fsp3) is 0.900. The van der Waals surface area contributed by atoms with Gasteiger partial charge in [0.05, 0.1) is 19.8 Å². The van der Waals surface area contributed by atoms with Crippen LogP contribution in [-0.2, 0) is 32.7 Å². The van der Waals surface area contributed by atoms with Crippen molar-refractivity contribution in [3.63, 3.8) is 0 Å². The topological polar surface area (TPSA) is 149 Å². The average Bonchev–Trinajstić information content (AvgIpc) is 3.12. The van der Waals surface area contributed by atoms with Gasteiger partial charge in [-0.15, -0.1) is 6.58 Å². The van der Waals surface area contributed by atoms with Crippen LogP contribution in [0.15, 0.2) is 12.7 Å². The number of allylic oxidation sites excluding steroid dienone is 1. The molecule has 0 aromatic heterocycles. The van der Waals surface area contributed by atoms with Crippen LogP contribution in [0.1, 0.15) is 193 Å². The highest BCUT2D eigenvalue weighted by molar-refractivity contribution is 7.47. The van der Waals surface area contributed by atoms with Crippen molar-refractivity contribution in [2.75, 3.05) is 26.4 Å². The highest BCUT2D eigenvalue weighted by atomic mass is 31.2. The van der Waals surface area contributed by atoms with Gasteiger partial charge in [0, 0.05) is 12.8 Å². The normalized spacial score (nSPS) is 13.8. The zero-order valence-corrected chi connectivity index (χ0v) is 33.3. The average molecular weight is 749 g/mol. The first-order chi connectivity index (χ1) is 24.7. The number of unbranched alkanes of at least 4 members (excludes halogenated alkanes) is 25. The van der Waals surface area contributed by atoms with Gasteiger partial charge in [0.25, 0.3) is 0 Å². The molecule has 0 amide bonds. The summed E-state index contributed by atoms with van der Waals surface area (Å²) in [6, 6.07) is 0. The van der Waals surface area contributed by atoms with Crippen molar-refractivity contribution in [1.29, 1.82) is 0 Å². The maximum Gasteiger partial charge on any atom is 0.472 e. The molecule has 0 saturated carbocycles. The van der Waals surface area contributed by atoms with Gasteiger partial charge in [-0.1, -0.05) is 161 Å². The molecule has 1 unspecified atom stereocenters. The Balaban J connectivity index is 4.27. The molecule has 0 saturated heterocycles. The van der Waals surface area contributed by atoms with Crippen molar-refractivity contribution in [1.82, 2.24) is 0 Å². The van der Waals surface area contributed by atoms with Crippen LogP contribution in [0.4, 0.5) is 0 Å². The number of phosphoric acid groups is 1. The van der Waals surface area contributed by atoms with Crippen molar-refractivity contribution in [3.8, 4) is 0 Å². The second kappa shape index (κ2) is 37.0. The summed E-state index contributed by atoms with van der Waals surface area (Å²) in [5.41, 5.74) is 0. The van der Waals surface area contributed by atoms with E-state index in [-0.39, 0.29) is 19.4 Å². The molecule has 11 heteroatoms. The van der Waals surface area contributed by atoms with Crippen LogP contribution >= 0.6 is 7.82 Å². The van der Waals surface area contributed by atoms with Crippen molar-refractivity contribution >= 4 is 19.8 Å². The van der Waals surface area contributed by atoms with Gasteiger partial charge in [-0.3, -0.25) is 18.6 Å². The second-order valence-electron chi connectivity index (χ2n) is 14.1. The third kappa shape index (κ3) is 36.8. The molecular formula is C40H77O10P. The lowest BCUT2D eigenvalue weighted by molar-refractivity contribution is -0.161. The Kier molecular flexibility index (Phi) is 36.1. The molecule has 10 nitrogen and oxygen atoms in total. The minimum absolute atomic E-state index is 0.189. The van der Waals surface area contributed by atoms with Crippen molar-refractivity contribution in [2.45, 2.75) is 205 Å². The Morgan fingerprint density at radius 1 is 0.608 bits per heavy atom. The lowest BCUT2D eigenvalue weighted by Gasteiger charge is -2.20. The molecule has 0 aliphatic carbocycles. The molecule has 0 heterocycles. The van der Waals surface area contributed by atoms with Gasteiger partial charge >= 0.3 is 19.8 Å². The highest BCUT2D eigenvalue weighted by Gasteiger charge is 2.27. The van der Waals surface area contributed by atoms with E-state index >= 15 is 0 Å². The quantitative estimate of drug-likeness (QED) is 0.0239. The molecule has 0 fully saturated rings. The largest absolute Gasteiger partial charge is 0.472 e. The maximum atomic E-state index is 12.6. The second-order valence-corrected chi connectivity index (χ2v) is 15.6. The number of phosphoric ester groups is 1. The van der Waals surface area contributed by atoms with Crippen LogP contribution in [0.3, 0.4) is 0 Å². The van der Waals surface area contributed by atoms with E-state index in [1.807, 2.05) is 6.08 Å². The fourth-order valence-electron chi connectivity index (χ4n) is 5.86. The number of carbonyl (C=O) groups excluding carboxylic acids is 2. The number of rotatable bonds is 40. The predicted molar refractivity (Wildman–Crippen MR) is 205 cm³/mol. The molecule has 0 spiro atoms. The molecule has 0 bridgehead atoms. The van der Waals surface area contributed by atoms with E-state index in [0.29, 0.717) is 12.8 Å². The SMILES string of the molecule is C=CCCCCCCCCCCCCCCCC(=O)OC[C@H](COP(=O)(O)OC[C@@H](O)CO)OC(=O)CCCCCCCCCCCCCCC. The number of aliphatic hydroxyl groups is 2. The zero-order valence-electron chi connectivity index (χ0n) is 32.4. The minimum Gasteiger partial charge on any atom is -0.462 e. The smallest absolute Gasteiger partial charge is 0.462 e. The lowest BCUT2D eigenvalue weighted by atomic mass is 10.0. The van der Waals surface area contributed by atoms with Gasteiger partial charge in [0.15, 0.2) is 6.10 Å². The number of esters is 2. The Morgan fingerprint density at radius 3 is 1.43 bits per heavy atom. The van der Waals surface area contributed by atoms with Crippen LogP contribution in [0.25, 0.3) is 0 Å². The molecule has 3 N–H and O–H groups in total. The van der Waals surface area contributed by atoms with Gasteiger partial charge in [-0.05, 0) is 25.7 Å². The van der Waals surface area contributed by atoms with E-state index in [1.54, 1.807) is 0 Å². The van der Waals surface area contributed by atoms with Crippen molar-refractivity contribution in [3.05, 3.63) is 12.7 Å². The van der Waals surface area contributed by atoms with Gasteiger partial charge in [-0.2, -0.15) is 0 Å². The summed E-state index contributed by atoms with van der Waals surface area (Å²) in [6.45, 7) is 3.91. The summed E-state index contributed by atoms with van der Waals surface area (Å²) in [5, 5.41) is 18.3. The van der Waals surface area contributed by atoms with E-state index < -0.39 is 51.8 Å². The molecule has 302 valence electrons. The van der Waals surface area contributed by atoms with Crippen LogP contribution < -0.4 is 0 Å². The Morgan fingerprint density at radius 2 is 1.00 bits per heavy atom. The van der Waals surface area contributed by atoms with E-state index in [1.165, 1.54) is 116 Å². The predicted octanol–water partition coefficient (Wildman–Crippen LogP) is 10.4. The first-order valence-electron chi connectivity index (χ1n) is 20.6. The number of hydrogen-bond donors (Lipinski definition) is 3. The van der Waals surface area contributed by atoms with E-state index in [0.717, 1.165) is 44.9 Å². The number of ether oxygens (including phenoxy) is 2. The molecule has 0 aromatic rings.